The molecular weight excluding hydrogens is 434 g/mol. The van der Waals surface area contributed by atoms with Crippen LogP contribution in [0.3, 0.4) is 0 Å². The highest BCUT2D eigenvalue weighted by Crippen LogP contribution is 2.43. The zero-order valence-corrected chi connectivity index (χ0v) is 18.0. The van der Waals surface area contributed by atoms with Crippen molar-refractivity contribution >= 4 is 0 Å². The number of benzene rings is 2. The van der Waals surface area contributed by atoms with E-state index in [9.17, 15) is 8.78 Å². The summed E-state index contributed by atoms with van der Waals surface area (Å²) in [5.74, 6) is -6.92. The monoisotopic (exact) mass is 455 g/mol. The Morgan fingerprint density at radius 3 is 2.42 bits per heavy atom. The van der Waals surface area contributed by atoms with Crippen LogP contribution in [0.5, 0.6) is 0 Å². The number of hydrogen-bond acceptors (Lipinski definition) is 4. The van der Waals surface area contributed by atoms with Gasteiger partial charge in [-0.15, -0.1) is 5.10 Å². The molecule has 0 saturated carbocycles. The molecule has 4 rings (SSSR count). The lowest BCUT2D eigenvalue weighted by Gasteiger charge is -2.27. The van der Waals surface area contributed by atoms with E-state index < -0.39 is 35.7 Å². The average molecular weight is 455 g/mol. The SMILES string of the molecule is CC(C)c1cccc(-c2ccc(C(F)(F)C(Cn3cnnn3)c3ccc(F)cc3F)nc2)c1. The summed E-state index contributed by atoms with van der Waals surface area (Å²) < 4.78 is 60.4. The Kier molecular flexibility index (Phi) is 6.22. The number of tetrazole rings is 1. The number of pyridine rings is 1. The maximum atomic E-state index is 15.7. The molecule has 0 amide bonds. The molecule has 33 heavy (non-hydrogen) atoms. The minimum atomic E-state index is -3.59. The van der Waals surface area contributed by atoms with E-state index in [-0.39, 0.29) is 5.56 Å². The molecule has 2 aromatic heterocycles. The third kappa shape index (κ3) is 4.76. The van der Waals surface area contributed by atoms with Crippen LogP contribution in [0.4, 0.5) is 17.6 Å². The second-order valence-electron chi connectivity index (χ2n) is 8.09. The Morgan fingerprint density at radius 1 is 0.970 bits per heavy atom. The molecule has 0 bridgehead atoms. The van der Waals surface area contributed by atoms with Crippen LogP contribution in [0.2, 0.25) is 0 Å². The van der Waals surface area contributed by atoms with Gasteiger partial charge in [-0.1, -0.05) is 50.2 Å². The normalized spacial score (nSPS) is 12.8. The smallest absolute Gasteiger partial charge is 0.254 e. The fourth-order valence-electron chi connectivity index (χ4n) is 3.66. The van der Waals surface area contributed by atoms with E-state index in [1.807, 2.05) is 24.3 Å². The zero-order valence-electron chi connectivity index (χ0n) is 18.0. The number of alkyl halides is 2. The van der Waals surface area contributed by atoms with Gasteiger partial charge in [0.15, 0.2) is 0 Å². The first-order chi connectivity index (χ1) is 15.8. The molecule has 0 aliphatic rings. The summed E-state index contributed by atoms with van der Waals surface area (Å²) in [7, 11) is 0. The van der Waals surface area contributed by atoms with Gasteiger partial charge in [0.1, 0.15) is 23.7 Å². The summed E-state index contributed by atoms with van der Waals surface area (Å²) in [4.78, 5) is 4.02. The number of nitrogens with zero attached hydrogens (tertiary/aromatic N) is 5. The summed E-state index contributed by atoms with van der Waals surface area (Å²) in [5, 5.41) is 10.5. The largest absolute Gasteiger partial charge is 0.298 e. The molecule has 0 aliphatic carbocycles. The van der Waals surface area contributed by atoms with Crippen molar-refractivity contribution in [1.29, 1.82) is 0 Å². The van der Waals surface area contributed by atoms with Crippen LogP contribution in [0.25, 0.3) is 11.1 Å². The van der Waals surface area contributed by atoms with Gasteiger partial charge in [0.2, 0.25) is 0 Å². The van der Waals surface area contributed by atoms with Crippen LogP contribution in [0.15, 0.2) is 67.1 Å². The predicted octanol–water partition coefficient (Wildman–Crippen LogP) is 5.71. The van der Waals surface area contributed by atoms with E-state index in [0.717, 1.165) is 34.3 Å². The minimum Gasteiger partial charge on any atom is -0.254 e. The summed E-state index contributed by atoms with van der Waals surface area (Å²) in [6, 6.07) is 13.1. The molecule has 2 heterocycles. The average Bonchev–Trinajstić information content (AvgIpc) is 3.31. The Balaban J connectivity index is 1.70. The van der Waals surface area contributed by atoms with E-state index in [1.54, 1.807) is 6.07 Å². The molecule has 5 nitrogen and oxygen atoms in total. The second-order valence-corrected chi connectivity index (χ2v) is 8.09. The van der Waals surface area contributed by atoms with Gasteiger partial charge in [0, 0.05) is 17.8 Å². The van der Waals surface area contributed by atoms with E-state index in [0.29, 0.717) is 17.5 Å². The molecule has 170 valence electrons. The number of halogens is 4. The molecule has 0 aliphatic heterocycles. The van der Waals surface area contributed by atoms with Gasteiger partial charge in [-0.25, -0.2) is 13.5 Å². The van der Waals surface area contributed by atoms with Crippen molar-refractivity contribution in [2.24, 2.45) is 0 Å². The van der Waals surface area contributed by atoms with Crippen molar-refractivity contribution in [1.82, 2.24) is 25.2 Å². The first kappa shape index (κ1) is 22.6. The fraction of sp³-hybridized carbons (Fsp3) is 0.250. The van der Waals surface area contributed by atoms with Crippen molar-refractivity contribution in [3.05, 3.63) is 95.6 Å². The Morgan fingerprint density at radius 2 is 1.79 bits per heavy atom. The van der Waals surface area contributed by atoms with Crippen LogP contribution in [-0.2, 0) is 12.5 Å². The molecule has 1 unspecified atom stereocenters. The van der Waals surface area contributed by atoms with Crippen LogP contribution >= 0.6 is 0 Å². The van der Waals surface area contributed by atoms with Crippen LogP contribution in [0, 0.1) is 11.6 Å². The zero-order chi connectivity index (χ0) is 23.6. The molecule has 4 aromatic rings. The maximum Gasteiger partial charge on any atom is 0.298 e. The van der Waals surface area contributed by atoms with Crippen LogP contribution in [-0.4, -0.2) is 25.2 Å². The van der Waals surface area contributed by atoms with Crippen molar-refractivity contribution < 1.29 is 17.6 Å². The van der Waals surface area contributed by atoms with Gasteiger partial charge in [0.05, 0.1) is 12.5 Å². The van der Waals surface area contributed by atoms with E-state index >= 15 is 8.78 Å². The van der Waals surface area contributed by atoms with Crippen molar-refractivity contribution in [3.63, 3.8) is 0 Å². The van der Waals surface area contributed by atoms with Gasteiger partial charge >= 0.3 is 0 Å². The lowest BCUT2D eigenvalue weighted by atomic mass is 9.89. The summed E-state index contributed by atoms with van der Waals surface area (Å²) >= 11 is 0. The van der Waals surface area contributed by atoms with E-state index in [2.05, 4.69) is 34.4 Å². The summed E-state index contributed by atoms with van der Waals surface area (Å²) in [6.45, 7) is 3.71. The first-order valence-corrected chi connectivity index (χ1v) is 10.4. The first-order valence-electron chi connectivity index (χ1n) is 10.4. The second kappa shape index (κ2) is 9.09. The standard InChI is InChI=1S/C24H21F4N5/c1-15(2)16-4-3-5-17(10-16)18-6-9-23(29-12-18)24(27,28)21(13-33-14-30-31-32-33)20-8-7-19(25)11-22(20)26/h3-12,14-15,21H,13H2,1-2H3. The van der Waals surface area contributed by atoms with Crippen molar-refractivity contribution in [2.75, 3.05) is 0 Å². The Labute approximate surface area is 188 Å². The molecule has 9 heteroatoms. The molecule has 0 N–H and O–H groups in total. The molecular formula is C24H21F4N5. The van der Waals surface area contributed by atoms with Gasteiger partial charge in [-0.05, 0) is 45.2 Å². The van der Waals surface area contributed by atoms with Crippen LogP contribution < -0.4 is 0 Å². The number of rotatable bonds is 7. The van der Waals surface area contributed by atoms with E-state index in [4.69, 9.17) is 0 Å². The topological polar surface area (TPSA) is 56.5 Å². The highest BCUT2D eigenvalue weighted by Gasteiger charge is 2.45. The lowest BCUT2D eigenvalue weighted by Crippen LogP contribution is -2.30. The quantitative estimate of drug-likeness (QED) is 0.335. The van der Waals surface area contributed by atoms with Gasteiger partial charge in [-0.2, -0.15) is 8.78 Å². The Hall–Kier alpha value is -3.62. The Bertz CT molecular complexity index is 1220. The number of aromatic nitrogens is 5. The molecule has 0 fully saturated rings. The summed E-state index contributed by atoms with van der Waals surface area (Å²) in [5.41, 5.74) is 1.77. The fourth-order valence-corrected chi connectivity index (χ4v) is 3.66. The molecule has 1 atom stereocenters. The lowest BCUT2D eigenvalue weighted by molar-refractivity contribution is -0.0455. The molecule has 2 aromatic carbocycles. The number of hydrogen-bond donors (Lipinski definition) is 0. The predicted molar refractivity (Wildman–Crippen MR) is 115 cm³/mol. The molecule has 0 radical (unpaired) electrons. The third-order valence-corrected chi connectivity index (χ3v) is 5.53. The van der Waals surface area contributed by atoms with Crippen molar-refractivity contribution in [2.45, 2.75) is 38.2 Å². The van der Waals surface area contributed by atoms with Gasteiger partial charge in [0.25, 0.3) is 5.92 Å². The highest BCUT2D eigenvalue weighted by molar-refractivity contribution is 5.63. The third-order valence-electron chi connectivity index (χ3n) is 5.53. The van der Waals surface area contributed by atoms with Gasteiger partial charge < -0.3 is 0 Å². The molecule has 0 spiro atoms. The van der Waals surface area contributed by atoms with E-state index in [1.165, 1.54) is 12.3 Å². The maximum absolute atomic E-state index is 15.7. The highest BCUT2D eigenvalue weighted by atomic mass is 19.3. The van der Waals surface area contributed by atoms with Crippen LogP contribution in [0.1, 0.15) is 42.5 Å². The van der Waals surface area contributed by atoms with Gasteiger partial charge in [-0.3, -0.25) is 4.98 Å². The van der Waals surface area contributed by atoms with Crippen molar-refractivity contribution in [3.8, 4) is 11.1 Å². The minimum absolute atomic E-state index is 0.319. The molecule has 0 saturated heterocycles. The summed E-state index contributed by atoms with van der Waals surface area (Å²) in [6.07, 6.45) is 2.53.